The fraction of sp³-hybridized carbons (Fsp3) is 0.800. The van der Waals surface area contributed by atoms with E-state index in [2.05, 4.69) is 5.32 Å². The third-order valence-corrected chi connectivity index (χ3v) is 2.93. The maximum Gasteiger partial charge on any atom is 0.407 e. The van der Waals surface area contributed by atoms with E-state index in [0.717, 1.165) is 0 Å². The number of ether oxygens (including phenoxy) is 3. The minimum Gasteiger partial charge on any atom is -0.450 e. The van der Waals surface area contributed by atoms with E-state index in [-0.39, 0.29) is 17.9 Å². The minimum absolute atomic E-state index is 0.0405. The van der Waals surface area contributed by atoms with Gasteiger partial charge < -0.3 is 19.5 Å². The summed E-state index contributed by atoms with van der Waals surface area (Å²) in [6.07, 6.45) is -1.40. The first kappa shape index (κ1) is 11.3. The van der Waals surface area contributed by atoms with Crippen LogP contribution in [0.15, 0.2) is 0 Å². The number of methoxy groups -OCH3 is 1. The molecule has 0 aromatic heterocycles. The van der Waals surface area contributed by atoms with Crippen molar-refractivity contribution in [2.45, 2.75) is 37.7 Å². The number of fused-ring (bicyclic) bond motifs is 2. The molecule has 2 saturated heterocycles. The van der Waals surface area contributed by atoms with Crippen LogP contribution in [0.4, 0.5) is 4.79 Å². The van der Waals surface area contributed by atoms with Gasteiger partial charge in [-0.05, 0) is 6.92 Å². The quantitative estimate of drug-likeness (QED) is 0.729. The van der Waals surface area contributed by atoms with Gasteiger partial charge in [-0.15, -0.1) is 0 Å². The second kappa shape index (κ2) is 4.39. The van der Waals surface area contributed by atoms with Crippen LogP contribution in [0, 0.1) is 0 Å². The van der Waals surface area contributed by atoms with E-state index in [1.165, 1.54) is 7.11 Å². The smallest absolute Gasteiger partial charge is 0.407 e. The number of hydrogen-bond donors (Lipinski definition) is 1. The van der Waals surface area contributed by atoms with Gasteiger partial charge in [0.2, 0.25) is 0 Å². The molecule has 0 radical (unpaired) electrons. The van der Waals surface area contributed by atoms with E-state index in [4.69, 9.17) is 14.2 Å². The van der Waals surface area contributed by atoms with E-state index in [1.807, 2.05) is 0 Å². The van der Waals surface area contributed by atoms with E-state index in [9.17, 15) is 9.59 Å². The van der Waals surface area contributed by atoms with Gasteiger partial charge in [0.15, 0.2) is 5.78 Å². The Morgan fingerprint density at radius 1 is 1.62 bits per heavy atom. The first-order valence-corrected chi connectivity index (χ1v) is 5.31. The van der Waals surface area contributed by atoms with Crippen LogP contribution in [0.5, 0.6) is 0 Å². The van der Waals surface area contributed by atoms with Crippen LogP contribution < -0.4 is 5.32 Å². The third-order valence-electron chi connectivity index (χ3n) is 2.93. The molecular formula is C10H15NO5. The zero-order chi connectivity index (χ0) is 11.7. The third kappa shape index (κ3) is 1.78. The van der Waals surface area contributed by atoms with Crippen molar-refractivity contribution in [1.29, 1.82) is 0 Å². The Morgan fingerprint density at radius 2 is 2.38 bits per heavy atom. The van der Waals surface area contributed by atoms with Gasteiger partial charge in [-0.1, -0.05) is 0 Å². The van der Waals surface area contributed by atoms with Crippen LogP contribution in [-0.4, -0.2) is 49.9 Å². The van der Waals surface area contributed by atoms with E-state index in [1.54, 1.807) is 6.92 Å². The molecule has 2 heterocycles. The molecule has 0 aliphatic carbocycles. The molecule has 0 spiro atoms. The van der Waals surface area contributed by atoms with Gasteiger partial charge in [0, 0.05) is 13.5 Å². The first-order valence-electron chi connectivity index (χ1n) is 5.31. The summed E-state index contributed by atoms with van der Waals surface area (Å²) in [5.41, 5.74) is 0. The number of alkyl carbamates (subject to hydrolysis) is 1. The van der Waals surface area contributed by atoms with E-state index >= 15 is 0 Å². The van der Waals surface area contributed by atoms with Gasteiger partial charge >= 0.3 is 6.09 Å². The minimum atomic E-state index is -0.540. The van der Waals surface area contributed by atoms with Crippen molar-refractivity contribution < 1.29 is 23.8 Å². The average Bonchev–Trinajstić information content (AvgIpc) is 2.75. The Hall–Kier alpha value is -1.14. The lowest BCUT2D eigenvalue weighted by Crippen LogP contribution is -2.53. The van der Waals surface area contributed by atoms with Crippen LogP contribution in [0.3, 0.4) is 0 Å². The highest BCUT2D eigenvalue weighted by Gasteiger charge is 2.55. The number of nitrogens with one attached hydrogen (secondary N) is 1. The summed E-state index contributed by atoms with van der Waals surface area (Å²) in [5.74, 6) is 0.0405. The molecule has 0 aromatic carbocycles. The summed E-state index contributed by atoms with van der Waals surface area (Å²) < 4.78 is 15.4. The van der Waals surface area contributed by atoms with Crippen LogP contribution in [-0.2, 0) is 19.0 Å². The summed E-state index contributed by atoms with van der Waals surface area (Å²) in [4.78, 5) is 22.7. The van der Waals surface area contributed by atoms with Gasteiger partial charge in [0.25, 0.3) is 0 Å². The SMILES string of the molecule is CCOC(=O)N[C@@H]1C2CC(=O)C(O2)[C@@H]1OC. The van der Waals surface area contributed by atoms with Gasteiger partial charge in [-0.25, -0.2) is 4.79 Å². The van der Waals surface area contributed by atoms with E-state index < -0.39 is 18.3 Å². The van der Waals surface area contributed by atoms with Crippen LogP contribution in [0.1, 0.15) is 13.3 Å². The number of ketones is 1. The summed E-state index contributed by atoms with van der Waals surface area (Å²) >= 11 is 0. The van der Waals surface area contributed by atoms with Crippen molar-refractivity contribution in [2.75, 3.05) is 13.7 Å². The predicted molar refractivity (Wildman–Crippen MR) is 53.0 cm³/mol. The average molecular weight is 229 g/mol. The molecule has 2 unspecified atom stereocenters. The molecule has 6 nitrogen and oxygen atoms in total. The molecule has 2 bridgehead atoms. The van der Waals surface area contributed by atoms with Gasteiger partial charge in [-0.2, -0.15) is 0 Å². The molecule has 0 saturated carbocycles. The molecule has 1 amide bonds. The highest BCUT2D eigenvalue weighted by atomic mass is 16.6. The first-order chi connectivity index (χ1) is 7.67. The predicted octanol–water partition coefficient (Wildman–Crippen LogP) is -0.144. The summed E-state index contributed by atoms with van der Waals surface area (Å²) in [6.45, 7) is 2.04. The Morgan fingerprint density at radius 3 is 3.00 bits per heavy atom. The van der Waals surface area contributed by atoms with Crippen molar-refractivity contribution in [3.8, 4) is 0 Å². The van der Waals surface area contributed by atoms with Gasteiger partial charge in [0.1, 0.15) is 12.2 Å². The van der Waals surface area contributed by atoms with Crippen LogP contribution >= 0.6 is 0 Å². The fourth-order valence-corrected chi connectivity index (χ4v) is 2.25. The number of carbonyl (C=O) groups is 2. The Balaban J connectivity index is 2.00. The lowest BCUT2D eigenvalue weighted by Gasteiger charge is -2.26. The molecule has 2 rings (SSSR count). The molecule has 2 fully saturated rings. The number of rotatable bonds is 3. The highest BCUT2D eigenvalue weighted by Crippen LogP contribution is 2.34. The van der Waals surface area contributed by atoms with Crippen molar-refractivity contribution in [3.05, 3.63) is 0 Å². The molecule has 16 heavy (non-hydrogen) atoms. The molecule has 2 aliphatic heterocycles. The normalized spacial score (nSPS) is 36.5. The second-order valence-corrected chi connectivity index (χ2v) is 3.86. The highest BCUT2D eigenvalue weighted by molar-refractivity contribution is 5.88. The zero-order valence-corrected chi connectivity index (χ0v) is 9.26. The van der Waals surface area contributed by atoms with Crippen molar-refractivity contribution in [1.82, 2.24) is 5.32 Å². The standard InChI is InChI=1S/C10H15NO5/c1-3-15-10(13)11-7-6-4-5(12)8(16-6)9(7)14-2/h6-9H,3-4H2,1-2H3,(H,11,13)/t6?,7-,8?,9-/m1/s1. The lowest BCUT2D eigenvalue weighted by atomic mass is 9.91. The monoisotopic (exact) mass is 229 g/mol. The lowest BCUT2D eigenvalue weighted by molar-refractivity contribution is -0.126. The Kier molecular flexibility index (Phi) is 3.11. The summed E-state index contributed by atoms with van der Waals surface area (Å²) in [6, 6.07) is -0.299. The molecule has 90 valence electrons. The Bertz CT molecular complexity index is 306. The van der Waals surface area contributed by atoms with Crippen molar-refractivity contribution in [3.63, 3.8) is 0 Å². The molecule has 4 atom stereocenters. The van der Waals surface area contributed by atoms with E-state index in [0.29, 0.717) is 13.0 Å². The topological polar surface area (TPSA) is 73.9 Å². The number of Topliss-reactive ketones (excluding diaryl/α,β-unsaturated/α-hetero) is 1. The van der Waals surface area contributed by atoms with Crippen LogP contribution in [0.25, 0.3) is 0 Å². The van der Waals surface area contributed by atoms with Crippen LogP contribution in [0.2, 0.25) is 0 Å². The molecule has 2 aliphatic rings. The second-order valence-electron chi connectivity index (χ2n) is 3.86. The van der Waals surface area contributed by atoms with Gasteiger partial charge in [-0.3, -0.25) is 4.79 Å². The zero-order valence-electron chi connectivity index (χ0n) is 9.26. The largest absolute Gasteiger partial charge is 0.450 e. The Labute approximate surface area is 93.2 Å². The molecular weight excluding hydrogens is 214 g/mol. The number of hydrogen-bond acceptors (Lipinski definition) is 5. The summed E-state index contributed by atoms with van der Waals surface area (Å²) in [5, 5.41) is 2.67. The summed E-state index contributed by atoms with van der Waals surface area (Å²) in [7, 11) is 1.50. The number of amides is 1. The van der Waals surface area contributed by atoms with Gasteiger partial charge in [0.05, 0.1) is 18.8 Å². The molecule has 1 N–H and O–H groups in total. The maximum atomic E-state index is 11.4. The maximum absolute atomic E-state index is 11.4. The fourth-order valence-electron chi connectivity index (χ4n) is 2.25. The molecule has 0 aromatic rings. The van der Waals surface area contributed by atoms with Crippen molar-refractivity contribution >= 4 is 11.9 Å². The number of carbonyl (C=O) groups excluding carboxylic acids is 2. The molecule has 6 heteroatoms. The van der Waals surface area contributed by atoms with Crippen molar-refractivity contribution in [2.24, 2.45) is 0 Å².